The first-order valence-electron chi connectivity index (χ1n) is 10.5. The summed E-state index contributed by atoms with van der Waals surface area (Å²) in [6.45, 7) is 2.08. The quantitative estimate of drug-likeness (QED) is 0.294. The second-order valence-electron chi connectivity index (χ2n) is 7.73. The Labute approximate surface area is 189 Å². The third-order valence-corrected chi connectivity index (χ3v) is 6.28. The Hall–Kier alpha value is -3.22. The van der Waals surface area contributed by atoms with Gasteiger partial charge in [0.15, 0.2) is 0 Å². The van der Waals surface area contributed by atoms with Crippen LogP contribution in [0.5, 0.6) is 0 Å². The van der Waals surface area contributed by atoms with Gasteiger partial charge >= 0.3 is 0 Å². The first kappa shape index (κ1) is 22.0. The summed E-state index contributed by atoms with van der Waals surface area (Å²) in [6, 6.07) is 31.1. The molecule has 0 N–H and O–H groups in total. The predicted octanol–water partition coefficient (Wildman–Crippen LogP) is 4.55. The van der Waals surface area contributed by atoms with Crippen molar-refractivity contribution >= 4 is 10.1 Å². The Bertz CT molecular complexity index is 1170. The predicted molar refractivity (Wildman–Crippen MR) is 126 cm³/mol. The molecule has 4 rings (SSSR count). The molecular formula is C26H26N2O3S. The molecule has 164 valence electrons. The summed E-state index contributed by atoms with van der Waals surface area (Å²) in [5.41, 5.74) is 4.45. The van der Waals surface area contributed by atoms with Crippen LogP contribution in [0.1, 0.15) is 28.1 Å². The highest BCUT2D eigenvalue weighted by Gasteiger charge is 2.39. The van der Waals surface area contributed by atoms with Crippen LogP contribution in [0.2, 0.25) is 0 Å². The van der Waals surface area contributed by atoms with Crippen molar-refractivity contribution in [2.45, 2.75) is 18.9 Å². The highest BCUT2D eigenvalue weighted by molar-refractivity contribution is 7.85. The van der Waals surface area contributed by atoms with Crippen LogP contribution < -0.4 is 0 Å². The van der Waals surface area contributed by atoms with Gasteiger partial charge < -0.3 is 4.57 Å². The van der Waals surface area contributed by atoms with Gasteiger partial charge in [0.2, 0.25) is 0 Å². The molecule has 32 heavy (non-hydrogen) atoms. The molecule has 0 aliphatic heterocycles. The van der Waals surface area contributed by atoms with Gasteiger partial charge in [-0.2, -0.15) is 8.42 Å². The second kappa shape index (κ2) is 9.10. The van der Waals surface area contributed by atoms with E-state index in [0.29, 0.717) is 6.42 Å². The lowest BCUT2D eigenvalue weighted by atomic mass is 9.76. The van der Waals surface area contributed by atoms with Crippen LogP contribution >= 0.6 is 0 Å². The van der Waals surface area contributed by atoms with Crippen molar-refractivity contribution in [2.24, 2.45) is 0 Å². The van der Waals surface area contributed by atoms with Crippen molar-refractivity contribution in [2.75, 3.05) is 12.9 Å². The van der Waals surface area contributed by atoms with E-state index >= 15 is 0 Å². The molecule has 6 heteroatoms. The largest absolute Gasteiger partial charge is 0.316 e. The lowest BCUT2D eigenvalue weighted by Gasteiger charge is -2.38. The van der Waals surface area contributed by atoms with Gasteiger partial charge in [-0.3, -0.25) is 4.18 Å². The molecule has 0 saturated carbocycles. The van der Waals surface area contributed by atoms with E-state index in [2.05, 4.69) is 45.9 Å². The topological polar surface area (TPSA) is 61.2 Å². The summed E-state index contributed by atoms with van der Waals surface area (Å²) < 4.78 is 29.9. The Morgan fingerprint density at radius 3 is 1.66 bits per heavy atom. The number of hydrogen-bond donors (Lipinski definition) is 0. The molecule has 0 aliphatic rings. The van der Waals surface area contributed by atoms with E-state index in [1.165, 1.54) is 0 Å². The molecular weight excluding hydrogens is 420 g/mol. The SMILES string of the molecule is Cc1c(CCOS(C)(=O)=O)ncn1C(c1ccccc1)(c1ccccc1)c1ccccc1. The van der Waals surface area contributed by atoms with E-state index in [1.54, 1.807) is 0 Å². The van der Waals surface area contributed by atoms with Gasteiger partial charge in [-0.25, -0.2) is 4.98 Å². The van der Waals surface area contributed by atoms with Crippen molar-refractivity contribution in [3.63, 3.8) is 0 Å². The number of rotatable bonds is 8. The van der Waals surface area contributed by atoms with Crippen molar-refractivity contribution in [3.05, 3.63) is 125 Å². The van der Waals surface area contributed by atoms with Crippen molar-refractivity contribution in [1.82, 2.24) is 9.55 Å². The van der Waals surface area contributed by atoms with E-state index in [9.17, 15) is 8.42 Å². The molecule has 0 fully saturated rings. The molecule has 0 spiro atoms. The summed E-state index contributed by atoms with van der Waals surface area (Å²) in [5.74, 6) is 0. The first-order valence-corrected chi connectivity index (χ1v) is 12.3. The lowest BCUT2D eigenvalue weighted by molar-refractivity contribution is 0.324. The zero-order valence-electron chi connectivity index (χ0n) is 18.2. The van der Waals surface area contributed by atoms with Crippen LogP contribution in [-0.4, -0.2) is 30.8 Å². The minimum absolute atomic E-state index is 0.0612. The fourth-order valence-electron chi connectivity index (χ4n) is 4.28. The number of hydrogen-bond acceptors (Lipinski definition) is 4. The minimum Gasteiger partial charge on any atom is -0.316 e. The molecule has 0 bridgehead atoms. The summed E-state index contributed by atoms with van der Waals surface area (Å²) >= 11 is 0. The van der Waals surface area contributed by atoms with Crippen LogP contribution in [0.25, 0.3) is 0 Å². The van der Waals surface area contributed by atoms with Gasteiger partial charge in [0.25, 0.3) is 10.1 Å². The van der Waals surface area contributed by atoms with Crippen molar-refractivity contribution < 1.29 is 12.6 Å². The molecule has 0 saturated heterocycles. The number of aromatic nitrogens is 2. The third kappa shape index (κ3) is 4.24. The second-order valence-corrected chi connectivity index (χ2v) is 9.38. The molecule has 5 nitrogen and oxygen atoms in total. The zero-order chi connectivity index (χ0) is 22.6. The average molecular weight is 447 g/mol. The molecule has 0 radical (unpaired) electrons. The van der Waals surface area contributed by atoms with Crippen molar-refractivity contribution in [1.29, 1.82) is 0 Å². The van der Waals surface area contributed by atoms with Gasteiger partial charge in [-0.05, 0) is 23.6 Å². The smallest absolute Gasteiger partial charge is 0.264 e. The lowest BCUT2D eigenvalue weighted by Crippen LogP contribution is -2.38. The molecule has 1 aromatic heterocycles. The maximum atomic E-state index is 11.4. The van der Waals surface area contributed by atoms with Gasteiger partial charge in [-0.15, -0.1) is 0 Å². The standard InChI is InChI=1S/C26H26N2O3S/c1-21-25(18-19-31-32(2,29)30)27-20-28(21)26(22-12-6-3-7-13-22,23-14-8-4-9-15-23)24-16-10-5-11-17-24/h3-17,20H,18-19H2,1-2H3. The molecule has 1 heterocycles. The molecule has 0 unspecified atom stereocenters. The van der Waals surface area contributed by atoms with Crippen LogP contribution in [0.4, 0.5) is 0 Å². The number of nitrogens with zero attached hydrogens (tertiary/aromatic N) is 2. The molecule has 3 aromatic carbocycles. The summed E-state index contributed by atoms with van der Waals surface area (Å²) in [5, 5.41) is 0. The van der Waals surface area contributed by atoms with E-state index in [-0.39, 0.29) is 6.61 Å². The molecule has 0 amide bonds. The van der Waals surface area contributed by atoms with Crippen LogP contribution in [0, 0.1) is 6.92 Å². The highest BCUT2D eigenvalue weighted by Crippen LogP contribution is 2.41. The van der Waals surface area contributed by atoms with Crippen LogP contribution in [0.3, 0.4) is 0 Å². The fraction of sp³-hybridized carbons (Fsp3) is 0.192. The van der Waals surface area contributed by atoms with E-state index in [4.69, 9.17) is 4.18 Å². The Kier molecular flexibility index (Phi) is 6.26. The Balaban J connectivity index is 1.93. The van der Waals surface area contributed by atoms with E-state index < -0.39 is 15.7 Å². The minimum atomic E-state index is -3.49. The first-order chi connectivity index (χ1) is 15.4. The normalized spacial score (nSPS) is 12.1. The monoisotopic (exact) mass is 446 g/mol. The summed E-state index contributed by atoms with van der Waals surface area (Å²) in [4.78, 5) is 4.67. The Morgan fingerprint density at radius 1 is 0.812 bits per heavy atom. The number of imidazole rings is 1. The number of benzene rings is 3. The van der Waals surface area contributed by atoms with Gasteiger partial charge in [-0.1, -0.05) is 91.0 Å². The maximum absolute atomic E-state index is 11.4. The van der Waals surface area contributed by atoms with E-state index in [0.717, 1.165) is 34.3 Å². The van der Waals surface area contributed by atoms with E-state index in [1.807, 2.05) is 67.8 Å². The van der Waals surface area contributed by atoms with Crippen LogP contribution in [0.15, 0.2) is 97.3 Å². The molecule has 0 atom stereocenters. The van der Waals surface area contributed by atoms with Crippen LogP contribution in [-0.2, 0) is 26.3 Å². The summed E-state index contributed by atoms with van der Waals surface area (Å²) in [6.07, 6.45) is 3.31. The fourth-order valence-corrected chi connectivity index (χ4v) is 4.66. The summed E-state index contributed by atoms with van der Waals surface area (Å²) in [7, 11) is -3.49. The maximum Gasteiger partial charge on any atom is 0.264 e. The molecule has 0 aliphatic carbocycles. The van der Waals surface area contributed by atoms with Gasteiger partial charge in [0, 0.05) is 12.1 Å². The average Bonchev–Trinajstić information content (AvgIpc) is 3.16. The molecule has 4 aromatic rings. The zero-order valence-corrected chi connectivity index (χ0v) is 19.0. The third-order valence-electron chi connectivity index (χ3n) is 5.68. The van der Waals surface area contributed by atoms with Gasteiger partial charge in [0.1, 0.15) is 5.54 Å². The Morgan fingerprint density at radius 2 is 1.25 bits per heavy atom. The van der Waals surface area contributed by atoms with Crippen molar-refractivity contribution in [3.8, 4) is 0 Å². The highest BCUT2D eigenvalue weighted by atomic mass is 32.2. The van der Waals surface area contributed by atoms with Gasteiger partial charge in [0.05, 0.1) is 24.9 Å².